The van der Waals surface area contributed by atoms with Crippen molar-refractivity contribution in [3.63, 3.8) is 0 Å². The molecule has 0 unspecified atom stereocenters. The fourth-order valence-corrected chi connectivity index (χ4v) is 3.70. The summed E-state index contributed by atoms with van der Waals surface area (Å²) < 4.78 is 10.8. The van der Waals surface area contributed by atoms with E-state index < -0.39 is 0 Å². The number of hydrogen-bond acceptors (Lipinski definition) is 5. The average molecular weight is 364 g/mol. The summed E-state index contributed by atoms with van der Waals surface area (Å²) in [5.41, 5.74) is 1.50. The summed E-state index contributed by atoms with van der Waals surface area (Å²) in [4.78, 5) is 7.01. The van der Waals surface area contributed by atoms with E-state index in [4.69, 9.17) is 9.47 Å². The number of piperidine rings is 1. The van der Waals surface area contributed by atoms with E-state index >= 15 is 0 Å². The molecule has 7 heteroatoms. The molecule has 3 heterocycles. The molecule has 1 spiro atoms. The van der Waals surface area contributed by atoms with Crippen LogP contribution in [0.15, 0.2) is 12.3 Å². The average Bonchev–Trinajstić information content (AvgIpc) is 2.90. The van der Waals surface area contributed by atoms with E-state index in [1.165, 1.54) is 25.8 Å². The van der Waals surface area contributed by atoms with Crippen LogP contribution in [-0.2, 0) is 6.54 Å². The summed E-state index contributed by atoms with van der Waals surface area (Å²) in [6.07, 6.45) is 5.70. The molecule has 1 aromatic rings. The van der Waals surface area contributed by atoms with Gasteiger partial charge in [0.2, 0.25) is 0 Å². The van der Waals surface area contributed by atoms with E-state index in [0.29, 0.717) is 5.41 Å². The smallest absolute Gasteiger partial charge is 0.183 e. The van der Waals surface area contributed by atoms with Gasteiger partial charge in [0.05, 0.1) is 14.2 Å². The number of ether oxygens (including phenoxy) is 2. The van der Waals surface area contributed by atoms with Crippen LogP contribution in [0.5, 0.6) is 11.5 Å². The maximum atomic E-state index is 5.49. The lowest BCUT2D eigenvalue weighted by atomic mass is 9.78. The Bertz CT molecular complexity index is 496. The second-order valence-corrected chi connectivity index (χ2v) is 6.20. The van der Waals surface area contributed by atoms with Gasteiger partial charge in [-0.05, 0) is 44.3 Å². The first-order valence-electron chi connectivity index (χ1n) is 7.75. The Kier molecular flexibility index (Phi) is 7.87. The van der Waals surface area contributed by atoms with Crippen molar-refractivity contribution >= 4 is 24.8 Å². The third kappa shape index (κ3) is 4.41. The normalized spacial score (nSPS) is 19.7. The number of methoxy groups -OCH3 is 2. The van der Waals surface area contributed by atoms with Crippen molar-refractivity contribution in [1.82, 2.24) is 15.2 Å². The number of nitrogens with one attached hydrogen (secondary N) is 1. The maximum absolute atomic E-state index is 5.49. The van der Waals surface area contributed by atoms with Gasteiger partial charge in [-0.2, -0.15) is 0 Å². The fraction of sp³-hybridized carbons (Fsp3) is 0.688. The number of aromatic nitrogens is 1. The van der Waals surface area contributed by atoms with E-state index in [-0.39, 0.29) is 24.8 Å². The zero-order valence-corrected chi connectivity index (χ0v) is 15.5. The van der Waals surface area contributed by atoms with Gasteiger partial charge in [-0.3, -0.25) is 9.88 Å². The van der Waals surface area contributed by atoms with Crippen LogP contribution in [0.2, 0.25) is 0 Å². The molecule has 0 aliphatic carbocycles. The molecule has 0 saturated carbocycles. The minimum atomic E-state index is 0. The lowest BCUT2D eigenvalue weighted by Gasteiger charge is -2.33. The Labute approximate surface area is 150 Å². The van der Waals surface area contributed by atoms with Crippen molar-refractivity contribution in [3.05, 3.63) is 18.0 Å². The van der Waals surface area contributed by atoms with E-state index in [0.717, 1.165) is 43.4 Å². The van der Waals surface area contributed by atoms with Crippen molar-refractivity contribution in [2.45, 2.75) is 25.8 Å². The highest BCUT2D eigenvalue weighted by molar-refractivity contribution is 5.85. The maximum Gasteiger partial charge on any atom is 0.183 e. The minimum absolute atomic E-state index is 0. The Hall–Kier alpha value is -0.750. The molecule has 0 aromatic carbocycles. The second-order valence-electron chi connectivity index (χ2n) is 6.20. The molecule has 2 aliphatic heterocycles. The highest BCUT2D eigenvalue weighted by Gasteiger charge is 2.39. The van der Waals surface area contributed by atoms with Gasteiger partial charge in [0.1, 0.15) is 5.69 Å². The van der Waals surface area contributed by atoms with Gasteiger partial charge in [-0.1, -0.05) is 0 Å². The summed E-state index contributed by atoms with van der Waals surface area (Å²) in [6.45, 7) is 5.50. The molecule has 2 aliphatic rings. The quantitative estimate of drug-likeness (QED) is 0.890. The van der Waals surface area contributed by atoms with E-state index in [2.05, 4.69) is 15.2 Å². The monoisotopic (exact) mass is 363 g/mol. The van der Waals surface area contributed by atoms with Crippen LogP contribution < -0.4 is 14.8 Å². The molecule has 5 nitrogen and oxygen atoms in total. The van der Waals surface area contributed by atoms with Gasteiger partial charge in [-0.25, -0.2) is 0 Å². The number of rotatable bonds is 4. The van der Waals surface area contributed by atoms with E-state index in [9.17, 15) is 0 Å². The Morgan fingerprint density at radius 2 is 1.91 bits per heavy atom. The predicted octanol–water partition coefficient (Wildman–Crippen LogP) is 2.52. The first-order chi connectivity index (χ1) is 10.3. The molecule has 0 radical (unpaired) electrons. The molecule has 2 fully saturated rings. The molecular weight excluding hydrogens is 337 g/mol. The highest BCUT2D eigenvalue weighted by atomic mass is 35.5. The molecule has 0 atom stereocenters. The molecule has 1 N–H and O–H groups in total. The van der Waals surface area contributed by atoms with Gasteiger partial charge >= 0.3 is 0 Å². The largest absolute Gasteiger partial charge is 0.493 e. The SMILES string of the molecule is COc1ccnc(CN2CCC3(CCNCC3)C2)c1OC.Cl.Cl. The summed E-state index contributed by atoms with van der Waals surface area (Å²) >= 11 is 0. The standard InChI is InChI=1S/C16H25N3O2.2ClH/c1-20-14-3-7-18-13(15(14)21-2)11-19-10-6-16(12-19)4-8-17-9-5-16;;/h3,7,17H,4-6,8-12H2,1-2H3;2*1H. The van der Waals surface area contributed by atoms with Gasteiger partial charge in [0, 0.05) is 25.4 Å². The molecule has 3 rings (SSSR count). The minimum Gasteiger partial charge on any atom is -0.493 e. The molecule has 0 bridgehead atoms. The fourth-order valence-electron chi connectivity index (χ4n) is 3.70. The zero-order valence-electron chi connectivity index (χ0n) is 13.8. The second kappa shape index (κ2) is 8.92. The Morgan fingerprint density at radius 1 is 1.17 bits per heavy atom. The van der Waals surface area contributed by atoms with Crippen LogP contribution in [0.1, 0.15) is 25.0 Å². The molecule has 23 heavy (non-hydrogen) atoms. The van der Waals surface area contributed by atoms with Crippen LogP contribution >= 0.6 is 24.8 Å². The molecule has 132 valence electrons. The number of nitrogens with zero attached hydrogens (tertiary/aromatic N) is 2. The summed E-state index contributed by atoms with van der Waals surface area (Å²) in [5.74, 6) is 1.53. The van der Waals surface area contributed by atoms with Crippen molar-refractivity contribution in [2.75, 3.05) is 40.4 Å². The van der Waals surface area contributed by atoms with E-state index in [1.54, 1.807) is 20.4 Å². The third-order valence-corrected chi connectivity index (χ3v) is 4.92. The van der Waals surface area contributed by atoms with Crippen molar-refractivity contribution in [3.8, 4) is 11.5 Å². The first-order valence-corrected chi connectivity index (χ1v) is 7.75. The van der Waals surface area contributed by atoms with Crippen LogP contribution in [0.3, 0.4) is 0 Å². The number of likely N-dealkylation sites (tertiary alicyclic amines) is 1. The van der Waals surface area contributed by atoms with Gasteiger partial charge in [0.15, 0.2) is 11.5 Å². The van der Waals surface area contributed by atoms with Crippen LogP contribution in [-0.4, -0.2) is 50.3 Å². The van der Waals surface area contributed by atoms with Crippen LogP contribution in [0.4, 0.5) is 0 Å². The van der Waals surface area contributed by atoms with Gasteiger partial charge < -0.3 is 14.8 Å². The zero-order chi connectivity index (χ0) is 14.7. The van der Waals surface area contributed by atoms with Crippen molar-refractivity contribution in [2.24, 2.45) is 5.41 Å². The third-order valence-electron chi connectivity index (χ3n) is 4.92. The summed E-state index contributed by atoms with van der Waals surface area (Å²) in [6, 6.07) is 1.85. The molecule has 1 aromatic heterocycles. The van der Waals surface area contributed by atoms with Crippen LogP contribution in [0, 0.1) is 5.41 Å². The van der Waals surface area contributed by atoms with Crippen molar-refractivity contribution < 1.29 is 9.47 Å². The summed E-state index contributed by atoms with van der Waals surface area (Å²) in [5, 5.41) is 3.47. The number of halogens is 2. The van der Waals surface area contributed by atoms with E-state index in [1.807, 2.05) is 6.07 Å². The topological polar surface area (TPSA) is 46.6 Å². The molecule has 2 saturated heterocycles. The molecule has 0 amide bonds. The lowest BCUT2D eigenvalue weighted by molar-refractivity contribution is 0.192. The molecular formula is C16H27Cl2N3O2. The number of pyridine rings is 1. The summed E-state index contributed by atoms with van der Waals surface area (Å²) in [7, 11) is 3.35. The first kappa shape index (κ1) is 20.3. The Balaban J connectivity index is 0.00000132. The lowest BCUT2D eigenvalue weighted by Crippen LogP contribution is -2.38. The number of hydrogen-bond donors (Lipinski definition) is 1. The van der Waals surface area contributed by atoms with Crippen molar-refractivity contribution in [1.29, 1.82) is 0 Å². The Morgan fingerprint density at radius 3 is 2.57 bits per heavy atom. The van der Waals surface area contributed by atoms with Crippen LogP contribution in [0.25, 0.3) is 0 Å². The predicted molar refractivity (Wildman–Crippen MR) is 96.3 cm³/mol. The van der Waals surface area contributed by atoms with Gasteiger partial charge in [-0.15, -0.1) is 24.8 Å². The highest BCUT2D eigenvalue weighted by Crippen LogP contribution is 2.40. The van der Waals surface area contributed by atoms with Gasteiger partial charge in [0.25, 0.3) is 0 Å².